The summed E-state index contributed by atoms with van der Waals surface area (Å²) in [5, 5.41) is 0. The van der Waals surface area contributed by atoms with Crippen molar-refractivity contribution in [1.29, 1.82) is 0 Å². The second kappa shape index (κ2) is 7.29. The van der Waals surface area contributed by atoms with Crippen molar-refractivity contribution in [2.75, 3.05) is 6.61 Å². The van der Waals surface area contributed by atoms with E-state index in [0.29, 0.717) is 6.61 Å². The Bertz CT molecular complexity index is 279. The molecule has 1 atom stereocenters. The van der Waals surface area contributed by atoms with E-state index in [0.717, 1.165) is 18.6 Å². The molecule has 90 valence electrons. The van der Waals surface area contributed by atoms with Gasteiger partial charge in [-0.05, 0) is 31.0 Å². The highest BCUT2D eigenvalue weighted by Gasteiger charge is 2.06. The lowest BCUT2D eigenvalue weighted by molar-refractivity contribution is -0.0766. The molecule has 0 aliphatic carbocycles. The third kappa shape index (κ3) is 4.23. The predicted octanol–water partition coefficient (Wildman–Crippen LogP) is 3.79. The molecule has 0 heterocycles. The molecule has 1 aromatic carbocycles. The van der Waals surface area contributed by atoms with E-state index in [4.69, 9.17) is 9.47 Å². The Hall–Kier alpha value is -1.02. The molecule has 0 bridgehead atoms. The van der Waals surface area contributed by atoms with Gasteiger partial charge in [0.15, 0.2) is 6.29 Å². The molecule has 16 heavy (non-hydrogen) atoms. The van der Waals surface area contributed by atoms with Gasteiger partial charge in [0.2, 0.25) is 0 Å². The van der Waals surface area contributed by atoms with Crippen LogP contribution in [0.2, 0.25) is 0 Å². The third-order valence-corrected chi connectivity index (χ3v) is 2.42. The molecule has 0 spiro atoms. The molecule has 0 aromatic heterocycles. The Balaban J connectivity index is 2.53. The average molecular weight is 222 g/mol. The zero-order valence-corrected chi connectivity index (χ0v) is 10.5. The zero-order chi connectivity index (χ0) is 11.8. The van der Waals surface area contributed by atoms with Gasteiger partial charge < -0.3 is 9.47 Å². The van der Waals surface area contributed by atoms with Crippen LogP contribution in [0.3, 0.4) is 0 Å². The summed E-state index contributed by atoms with van der Waals surface area (Å²) in [5.41, 5.74) is 1.36. The molecule has 0 saturated carbocycles. The molecule has 0 amide bonds. The van der Waals surface area contributed by atoms with Crippen LogP contribution in [-0.4, -0.2) is 12.9 Å². The van der Waals surface area contributed by atoms with Gasteiger partial charge in [-0.3, -0.25) is 0 Å². The Morgan fingerprint density at radius 1 is 1.06 bits per heavy atom. The van der Waals surface area contributed by atoms with Gasteiger partial charge in [-0.25, -0.2) is 0 Å². The highest BCUT2D eigenvalue weighted by Crippen LogP contribution is 2.16. The van der Waals surface area contributed by atoms with E-state index in [1.165, 1.54) is 12.0 Å². The van der Waals surface area contributed by atoms with E-state index < -0.39 is 0 Å². The summed E-state index contributed by atoms with van der Waals surface area (Å²) in [6, 6.07) is 8.29. The maximum absolute atomic E-state index is 5.71. The van der Waals surface area contributed by atoms with Crippen LogP contribution in [0.25, 0.3) is 0 Å². The Morgan fingerprint density at radius 2 is 1.75 bits per heavy atom. The van der Waals surface area contributed by atoms with Crippen LogP contribution in [0, 0.1) is 0 Å². The van der Waals surface area contributed by atoms with Crippen molar-refractivity contribution in [2.45, 2.75) is 46.3 Å². The van der Waals surface area contributed by atoms with Crippen LogP contribution in [0.4, 0.5) is 0 Å². The highest BCUT2D eigenvalue weighted by atomic mass is 16.7. The number of hydrogen-bond acceptors (Lipinski definition) is 2. The second-order valence-electron chi connectivity index (χ2n) is 3.80. The summed E-state index contributed by atoms with van der Waals surface area (Å²) in [6.07, 6.45) is 3.05. The van der Waals surface area contributed by atoms with Crippen molar-refractivity contribution in [3.8, 4) is 5.75 Å². The van der Waals surface area contributed by atoms with E-state index in [2.05, 4.69) is 26.0 Å². The molecule has 0 fully saturated rings. The van der Waals surface area contributed by atoms with E-state index in [-0.39, 0.29) is 6.29 Å². The molecule has 2 heteroatoms. The number of hydrogen-bond donors (Lipinski definition) is 0. The van der Waals surface area contributed by atoms with Gasteiger partial charge in [-0.2, -0.15) is 0 Å². The molecule has 2 nitrogen and oxygen atoms in total. The SMILES string of the molecule is CCCc1ccc(OC(CC)OCC)cc1. The lowest BCUT2D eigenvalue weighted by Gasteiger charge is -2.17. The van der Waals surface area contributed by atoms with Crippen LogP contribution in [0.1, 0.15) is 39.2 Å². The summed E-state index contributed by atoms with van der Waals surface area (Å²) in [5.74, 6) is 0.889. The van der Waals surface area contributed by atoms with E-state index in [1.807, 2.05) is 19.1 Å². The average Bonchev–Trinajstić information content (AvgIpc) is 2.31. The van der Waals surface area contributed by atoms with Crippen LogP contribution in [0.15, 0.2) is 24.3 Å². The minimum Gasteiger partial charge on any atom is -0.465 e. The van der Waals surface area contributed by atoms with E-state index in [9.17, 15) is 0 Å². The number of benzene rings is 1. The van der Waals surface area contributed by atoms with Crippen molar-refractivity contribution in [3.63, 3.8) is 0 Å². The fraction of sp³-hybridized carbons (Fsp3) is 0.571. The summed E-state index contributed by atoms with van der Waals surface area (Å²) < 4.78 is 11.2. The van der Waals surface area contributed by atoms with Crippen LogP contribution >= 0.6 is 0 Å². The Labute approximate surface area is 98.6 Å². The van der Waals surface area contributed by atoms with Crippen molar-refractivity contribution in [3.05, 3.63) is 29.8 Å². The second-order valence-corrected chi connectivity index (χ2v) is 3.80. The first-order valence-electron chi connectivity index (χ1n) is 6.17. The van der Waals surface area contributed by atoms with Crippen LogP contribution in [-0.2, 0) is 11.2 Å². The maximum atomic E-state index is 5.71. The molecular weight excluding hydrogens is 200 g/mol. The molecule has 0 radical (unpaired) electrons. The molecule has 0 saturated heterocycles. The Kier molecular flexibility index (Phi) is 5.94. The monoisotopic (exact) mass is 222 g/mol. The van der Waals surface area contributed by atoms with Gasteiger partial charge in [0.25, 0.3) is 0 Å². The topological polar surface area (TPSA) is 18.5 Å². The maximum Gasteiger partial charge on any atom is 0.199 e. The first kappa shape index (κ1) is 13.0. The lowest BCUT2D eigenvalue weighted by atomic mass is 10.1. The number of aryl methyl sites for hydroxylation is 1. The largest absolute Gasteiger partial charge is 0.465 e. The van der Waals surface area contributed by atoms with Crippen LogP contribution in [0.5, 0.6) is 5.75 Å². The smallest absolute Gasteiger partial charge is 0.199 e. The molecule has 1 unspecified atom stereocenters. The summed E-state index contributed by atoms with van der Waals surface area (Å²) in [4.78, 5) is 0. The standard InChI is InChI=1S/C14H22O2/c1-4-7-12-8-10-13(11-9-12)16-14(5-2)15-6-3/h8-11,14H,4-7H2,1-3H3. The molecule has 1 aromatic rings. The first-order chi connectivity index (χ1) is 7.80. The van der Waals surface area contributed by atoms with Gasteiger partial charge in [0, 0.05) is 13.0 Å². The first-order valence-corrected chi connectivity index (χ1v) is 6.17. The number of ether oxygens (including phenoxy) is 2. The fourth-order valence-corrected chi connectivity index (χ4v) is 1.60. The zero-order valence-electron chi connectivity index (χ0n) is 10.5. The molecular formula is C14H22O2. The Morgan fingerprint density at radius 3 is 2.25 bits per heavy atom. The molecule has 0 N–H and O–H groups in total. The quantitative estimate of drug-likeness (QED) is 0.653. The minimum absolute atomic E-state index is 0.123. The molecule has 1 rings (SSSR count). The van der Waals surface area contributed by atoms with Gasteiger partial charge in [-0.1, -0.05) is 32.4 Å². The molecule has 0 aliphatic rings. The lowest BCUT2D eigenvalue weighted by Crippen LogP contribution is -2.19. The van der Waals surface area contributed by atoms with Gasteiger partial charge >= 0.3 is 0 Å². The van der Waals surface area contributed by atoms with Gasteiger partial charge in [0.1, 0.15) is 5.75 Å². The van der Waals surface area contributed by atoms with Crippen molar-refractivity contribution >= 4 is 0 Å². The molecule has 0 aliphatic heterocycles. The minimum atomic E-state index is -0.123. The summed E-state index contributed by atoms with van der Waals surface area (Å²) >= 11 is 0. The van der Waals surface area contributed by atoms with Crippen molar-refractivity contribution in [1.82, 2.24) is 0 Å². The normalized spacial score (nSPS) is 12.4. The van der Waals surface area contributed by atoms with Crippen molar-refractivity contribution < 1.29 is 9.47 Å². The highest BCUT2D eigenvalue weighted by molar-refractivity contribution is 5.27. The summed E-state index contributed by atoms with van der Waals surface area (Å²) in [6.45, 7) is 6.92. The predicted molar refractivity (Wildman–Crippen MR) is 66.8 cm³/mol. The van der Waals surface area contributed by atoms with E-state index >= 15 is 0 Å². The van der Waals surface area contributed by atoms with Crippen LogP contribution < -0.4 is 4.74 Å². The number of rotatable bonds is 7. The summed E-state index contributed by atoms with van der Waals surface area (Å²) in [7, 11) is 0. The van der Waals surface area contributed by atoms with E-state index in [1.54, 1.807) is 0 Å². The van der Waals surface area contributed by atoms with Crippen molar-refractivity contribution in [2.24, 2.45) is 0 Å². The fourth-order valence-electron chi connectivity index (χ4n) is 1.60. The van der Waals surface area contributed by atoms with Gasteiger partial charge in [0.05, 0.1) is 0 Å². The third-order valence-electron chi connectivity index (χ3n) is 2.42. The van der Waals surface area contributed by atoms with Gasteiger partial charge in [-0.15, -0.1) is 0 Å².